The minimum Gasteiger partial charge on any atom is -0.262 e. The van der Waals surface area contributed by atoms with Crippen molar-refractivity contribution in [2.45, 2.75) is 6.92 Å². The number of hydrogen-bond donors (Lipinski definition) is 0. The fourth-order valence-electron chi connectivity index (χ4n) is 0.302. The Balaban J connectivity index is 4.53. The lowest BCUT2D eigenvalue weighted by molar-refractivity contribution is 0.594. The number of hydrogen-bond acceptors (Lipinski definition) is 2. The minimum absolute atomic E-state index is 0.436. The summed E-state index contributed by atoms with van der Waals surface area (Å²) in [6.45, 7) is 1.70. The van der Waals surface area contributed by atoms with Crippen molar-refractivity contribution in [1.82, 2.24) is 0 Å². The summed E-state index contributed by atoms with van der Waals surface area (Å²) in [6.07, 6.45) is 0. The van der Waals surface area contributed by atoms with E-state index in [1.54, 1.807) is 6.92 Å². The van der Waals surface area contributed by atoms with Gasteiger partial charge in [-0.1, -0.05) is 18.3 Å². The SMILES string of the molecule is CCSP(F)(Cl)=NP(=O)(Cl)Cl. The third-order valence-corrected chi connectivity index (χ3v) is 7.80. The van der Waals surface area contributed by atoms with Gasteiger partial charge in [0, 0.05) is 0 Å². The second-order valence-electron chi connectivity index (χ2n) is 1.38. The predicted octanol–water partition coefficient (Wildman–Crippen LogP) is 5.48. The molecule has 1 unspecified atom stereocenters. The summed E-state index contributed by atoms with van der Waals surface area (Å²) in [6, 6.07) is 0. The van der Waals surface area contributed by atoms with Crippen LogP contribution in [0.3, 0.4) is 0 Å². The van der Waals surface area contributed by atoms with Crippen molar-refractivity contribution in [2.24, 2.45) is 4.52 Å². The Bertz CT molecular complexity index is 223. The summed E-state index contributed by atoms with van der Waals surface area (Å²) < 4.78 is 26.5. The van der Waals surface area contributed by atoms with Gasteiger partial charge in [-0.3, -0.25) is 4.57 Å². The predicted molar refractivity (Wildman–Crippen MR) is 53.8 cm³/mol. The first kappa shape index (κ1) is 12.6. The third kappa shape index (κ3) is 7.95. The van der Waals surface area contributed by atoms with E-state index in [0.717, 1.165) is 11.4 Å². The first-order chi connectivity index (χ1) is 4.77. The molecule has 0 rings (SSSR count). The van der Waals surface area contributed by atoms with Gasteiger partial charge in [0.05, 0.1) is 0 Å². The standard InChI is InChI=1S/C2H5Cl3FNOP2S/c1-2-11-10(5,6)7-9(3,4)8/h2H2,1H3. The molecule has 0 saturated carbocycles. The van der Waals surface area contributed by atoms with Gasteiger partial charge in [0.25, 0.3) is 5.92 Å². The summed E-state index contributed by atoms with van der Waals surface area (Å²) >= 11 is 16.0. The lowest BCUT2D eigenvalue weighted by atomic mass is 11.0. The molecule has 0 aliphatic rings. The molecule has 1 atom stereocenters. The molecule has 68 valence electrons. The maximum Gasteiger partial charge on any atom is 0.366 e. The summed E-state index contributed by atoms with van der Waals surface area (Å²) in [5, 5.41) is 0. The number of rotatable bonds is 3. The first-order valence-corrected chi connectivity index (χ1v) is 10.0. The molecule has 0 aliphatic carbocycles. The minimum atomic E-state index is -3.73. The van der Waals surface area contributed by atoms with Gasteiger partial charge in [-0.15, -0.1) is 0 Å². The van der Waals surface area contributed by atoms with Crippen LogP contribution in [0.1, 0.15) is 6.92 Å². The number of nitrogens with zero attached hydrogens (tertiary/aromatic N) is 1. The van der Waals surface area contributed by atoms with Crippen LogP contribution < -0.4 is 0 Å². The molecule has 0 aromatic carbocycles. The molecule has 0 aromatic heterocycles. The van der Waals surface area contributed by atoms with E-state index in [9.17, 15) is 8.76 Å². The summed E-state index contributed by atoms with van der Waals surface area (Å²) in [4.78, 5) is 0. The maximum atomic E-state index is 12.9. The van der Waals surface area contributed by atoms with E-state index >= 15 is 0 Å². The molecule has 0 bridgehead atoms. The average molecular weight is 278 g/mol. The van der Waals surface area contributed by atoms with E-state index in [1.165, 1.54) is 0 Å². The van der Waals surface area contributed by atoms with Crippen LogP contribution in [0.2, 0.25) is 0 Å². The molecule has 9 heteroatoms. The summed E-state index contributed by atoms with van der Waals surface area (Å²) in [5.41, 5.74) is 0. The van der Waals surface area contributed by atoms with Gasteiger partial charge in [-0.25, -0.2) is 0 Å². The van der Waals surface area contributed by atoms with Crippen LogP contribution in [0.4, 0.5) is 4.20 Å². The van der Waals surface area contributed by atoms with Gasteiger partial charge in [0.15, 0.2) is 0 Å². The maximum absolute atomic E-state index is 12.9. The topological polar surface area (TPSA) is 29.4 Å². The van der Waals surface area contributed by atoms with E-state index in [0.29, 0.717) is 5.75 Å². The van der Waals surface area contributed by atoms with Crippen molar-refractivity contribution >= 4 is 57.0 Å². The summed E-state index contributed by atoms with van der Waals surface area (Å²) in [5.74, 6) is -6.87. The Morgan fingerprint density at radius 1 is 1.55 bits per heavy atom. The van der Waals surface area contributed by atoms with Crippen molar-refractivity contribution < 1.29 is 8.76 Å². The molecule has 0 amide bonds. The molecule has 0 aliphatic heterocycles. The highest BCUT2D eigenvalue weighted by atomic mass is 35.9. The zero-order valence-electron chi connectivity index (χ0n) is 5.38. The smallest absolute Gasteiger partial charge is 0.262 e. The van der Waals surface area contributed by atoms with E-state index in [-0.39, 0.29) is 0 Å². The molecular formula is C2H5Cl3FNOP2S. The third-order valence-electron chi connectivity index (χ3n) is 0.493. The zero-order chi connectivity index (χ0) is 9.12. The molecule has 0 N–H and O–H groups in total. The molecule has 0 heterocycles. The fraction of sp³-hybridized carbons (Fsp3) is 1.00. The molecule has 0 aromatic rings. The zero-order valence-corrected chi connectivity index (χ0v) is 10.3. The molecule has 0 radical (unpaired) electrons. The molecule has 2 nitrogen and oxygen atoms in total. The second kappa shape index (κ2) is 4.74. The molecule has 0 fully saturated rings. The monoisotopic (exact) mass is 277 g/mol. The Hall–Kier alpha value is 1.61. The van der Waals surface area contributed by atoms with Gasteiger partial charge in [0.1, 0.15) is 0 Å². The first-order valence-electron chi connectivity index (χ1n) is 2.44. The molecule has 0 saturated heterocycles. The average Bonchev–Trinajstić information content (AvgIpc) is 1.55. The van der Waals surface area contributed by atoms with Gasteiger partial charge in [0.2, 0.25) is 0 Å². The van der Waals surface area contributed by atoms with Crippen LogP contribution in [0.5, 0.6) is 0 Å². The molecule has 11 heavy (non-hydrogen) atoms. The van der Waals surface area contributed by atoms with Crippen LogP contribution in [-0.4, -0.2) is 5.75 Å². The second-order valence-corrected chi connectivity index (χ2v) is 12.1. The van der Waals surface area contributed by atoms with E-state index in [4.69, 9.17) is 33.7 Å². The van der Waals surface area contributed by atoms with Crippen molar-refractivity contribution in [3.63, 3.8) is 0 Å². The van der Waals surface area contributed by atoms with Gasteiger partial charge < -0.3 is 0 Å². The highest BCUT2D eigenvalue weighted by Crippen LogP contribution is 2.76. The van der Waals surface area contributed by atoms with Crippen molar-refractivity contribution in [3.05, 3.63) is 0 Å². The summed E-state index contributed by atoms with van der Waals surface area (Å²) in [7, 11) is 0. The lowest BCUT2D eigenvalue weighted by Gasteiger charge is -2.03. The largest absolute Gasteiger partial charge is 0.366 e. The van der Waals surface area contributed by atoms with E-state index in [2.05, 4.69) is 4.52 Å². The van der Waals surface area contributed by atoms with Crippen molar-refractivity contribution in [1.29, 1.82) is 0 Å². The van der Waals surface area contributed by atoms with Gasteiger partial charge in [-0.05, 0) is 39.5 Å². The van der Waals surface area contributed by atoms with Crippen LogP contribution in [0.25, 0.3) is 0 Å². The van der Waals surface area contributed by atoms with Crippen molar-refractivity contribution in [2.75, 3.05) is 5.75 Å². The van der Waals surface area contributed by atoms with E-state index < -0.39 is 11.9 Å². The highest BCUT2D eigenvalue weighted by Gasteiger charge is 2.22. The van der Waals surface area contributed by atoms with E-state index in [1.807, 2.05) is 0 Å². The van der Waals surface area contributed by atoms with Gasteiger partial charge in [-0.2, -0.15) is 8.71 Å². The Morgan fingerprint density at radius 3 is 2.27 bits per heavy atom. The van der Waals surface area contributed by atoms with Gasteiger partial charge >= 0.3 is 6.00 Å². The Kier molecular flexibility index (Phi) is 5.43. The lowest BCUT2D eigenvalue weighted by Crippen LogP contribution is -1.59. The quantitative estimate of drug-likeness (QED) is 0.640. The van der Waals surface area contributed by atoms with Crippen LogP contribution in [0.15, 0.2) is 4.52 Å². The normalized spacial score (nSPS) is 17.5. The molecular weight excluding hydrogens is 273 g/mol. The fourth-order valence-corrected chi connectivity index (χ4v) is 8.87. The van der Waals surface area contributed by atoms with Crippen molar-refractivity contribution in [3.8, 4) is 0 Å². The van der Waals surface area contributed by atoms with Crippen LogP contribution in [0, 0.1) is 0 Å². The Labute approximate surface area is 82.9 Å². The van der Waals surface area contributed by atoms with Crippen LogP contribution >= 0.6 is 57.0 Å². The molecule has 0 spiro atoms. The highest BCUT2D eigenvalue weighted by molar-refractivity contribution is 8.65. The number of halogens is 4. The van der Waals surface area contributed by atoms with Crippen LogP contribution in [-0.2, 0) is 4.57 Å². The Morgan fingerprint density at radius 2 is 2.00 bits per heavy atom.